The molecule has 0 bridgehead atoms. The monoisotopic (exact) mass is 1430 g/mol. The second-order valence-electron chi connectivity index (χ2n) is 25.6. The Kier molecular flexibility index (Phi) is 32.0. The zero-order valence-corrected chi connectivity index (χ0v) is 56.4. The van der Waals surface area contributed by atoms with Crippen LogP contribution in [0.5, 0.6) is 5.75 Å². The number of aliphatic hydroxyl groups is 13. The Balaban J connectivity index is 1.07. The van der Waals surface area contributed by atoms with Crippen molar-refractivity contribution in [3.63, 3.8) is 0 Å². The molecule has 14 unspecified atom stereocenters. The minimum absolute atomic E-state index is 0.0622. The molecule has 0 radical (unpaired) electrons. The first-order valence-electron chi connectivity index (χ1n) is 33.6. The second kappa shape index (κ2) is 38.8. The standard InChI is InChI=1S/C63H103N5O31/c1-8-9-10-11-12-13-14-15-16-20-88-33-19-17-18-32(21-33)57(85)68-40-46(79)45(78)34(22-69)92-59(40)96-52-35(23-70)93-60(41(48(52)81)65-29(4)74)97-53-36(24-71)94-61(42(49(53)82)66-30(5)75)98-54-37(25-72)95-62(43(50(54)83)67-31(6)76)99-55-38(91-58(86)39(47(55)80)64-28(3)73)26-89-63-56(87-7)51(84)44(77)27(2)90-63/h17-19,21,27,34-56,58-63,69-72,77-84,86H,8-16,20,22-26H2,1-7H3,(H,64,73)(H,65,74)(H,66,75)(H,67,76)(H,68,85)/t27?,34?,35-,36?,37-,38?,39-,40-,41?,42-,43?,44?,45+,46+,47+,48?,49?,50?,51-,52+,53+,54+,55?,56+,58+,59?,60?,61-,62?,63+/m0/s1. The number of hydrogen-bond donors (Lipinski definition) is 18. The lowest BCUT2D eigenvalue weighted by molar-refractivity contribution is -0.368. The number of methoxy groups -OCH3 is 1. The summed E-state index contributed by atoms with van der Waals surface area (Å²) in [5, 5.41) is 159. The topological polar surface area (TPSA) is 528 Å². The van der Waals surface area contributed by atoms with Crippen LogP contribution in [0.3, 0.4) is 0 Å². The number of rotatable bonds is 33. The summed E-state index contributed by atoms with van der Waals surface area (Å²) in [6, 6.07) is -2.38. The fourth-order valence-corrected chi connectivity index (χ4v) is 13.0. The summed E-state index contributed by atoms with van der Waals surface area (Å²) < 4.78 is 78.0. The fourth-order valence-electron chi connectivity index (χ4n) is 13.0. The van der Waals surface area contributed by atoms with Crippen molar-refractivity contribution in [2.45, 2.75) is 283 Å². The number of carbonyl (C=O) groups is 5. The van der Waals surface area contributed by atoms with Crippen molar-refractivity contribution in [3.05, 3.63) is 29.8 Å². The Morgan fingerprint density at radius 3 is 1.27 bits per heavy atom. The number of carbonyl (C=O) groups excluding carboxylic acids is 5. The molecule has 0 aromatic heterocycles. The average molecular weight is 1430 g/mol. The van der Waals surface area contributed by atoms with E-state index in [-0.39, 0.29) is 5.56 Å². The average Bonchev–Trinajstić information content (AvgIpc) is 0.771. The number of amides is 5. The van der Waals surface area contributed by atoms with Gasteiger partial charge in [-0.25, -0.2) is 0 Å². The van der Waals surface area contributed by atoms with Crippen molar-refractivity contribution in [1.82, 2.24) is 26.6 Å². The number of benzene rings is 1. The van der Waals surface area contributed by atoms with E-state index in [1.165, 1.54) is 58.3 Å². The maximum atomic E-state index is 14.0. The molecule has 6 aliphatic heterocycles. The lowest BCUT2D eigenvalue weighted by Gasteiger charge is -2.51. The fraction of sp³-hybridized carbons (Fsp3) is 0.825. The van der Waals surface area contributed by atoms with Gasteiger partial charge < -0.3 is 155 Å². The summed E-state index contributed by atoms with van der Waals surface area (Å²) in [6.07, 6.45) is -33.4. The van der Waals surface area contributed by atoms with Crippen molar-refractivity contribution in [2.75, 3.05) is 46.8 Å². The normalized spacial score (nSPS) is 39.5. The first-order valence-corrected chi connectivity index (χ1v) is 33.6. The molecule has 0 aliphatic carbocycles. The molecule has 6 aliphatic rings. The Labute approximate surface area is 572 Å². The van der Waals surface area contributed by atoms with Crippen LogP contribution in [0.1, 0.15) is 110 Å². The van der Waals surface area contributed by atoms with E-state index in [2.05, 4.69) is 33.5 Å². The molecule has 5 amide bonds. The zero-order valence-electron chi connectivity index (χ0n) is 56.4. The summed E-state index contributed by atoms with van der Waals surface area (Å²) in [5.74, 6) is -3.63. The van der Waals surface area contributed by atoms with Gasteiger partial charge >= 0.3 is 0 Å². The van der Waals surface area contributed by atoms with E-state index in [0.717, 1.165) is 53.4 Å². The molecule has 30 atom stereocenters. The van der Waals surface area contributed by atoms with E-state index in [9.17, 15) is 90.4 Å². The molecule has 18 N–H and O–H groups in total. The molecule has 6 heterocycles. The maximum absolute atomic E-state index is 14.0. The number of ether oxygens (including phenoxy) is 13. The van der Waals surface area contributed by atoms with Crippen LogP contribution < -0.4 is 31.3 Å². The highest BCUT2D eigenvalue weighted by Gasteiger charge is 2.58. The van der Waals surface area contributed by atoms with E-state index in [4.69, 9.17) is 61.6 Å². The SMILES string of the molecule is CCCCCCCCCCCOc1cccc(C(=O)N[C@@H]2C(O[C@H]3C(O)C(NC(C)=O)C(O[C@@H]4C(CO)O[C@@H](O[C@H]5C(O)C(NC(C)=O)C(OC6C(CO[C@@H]7OC(C)C(O)[C@H](O)[C@H]7OC)O[C@@H](O)[C@@H](NC(C)=O)[C@H]6O)O[C@H]5CO)[C@@H](NC(C)=O)C4O)O[C@H]3CO)OC(CO)[C@@H](O)[C@@H]2O)c1. The van der Waals surface area contributed by atoms with Gasteiger partial charge in [0.2, 0.25) is 23.6 Å². The third kappa shape index (κ3) is 21.1. The first-order chi connectivity index (χ1) is 47.2. The Bertz CT molecular complexity index is 2680. The highest BCUT2D eigenvalue weighted by Crippen LogP contribution is 2.37. The Morgan fingerprint density at radius 2 is 0.838 bits per heavy atom. The Morgan fingerprint density at radius 1 is 0.434 bits per heavy atom. The van der Waals surface area contributed by atoms with Gasteiger partial charge in [0.05, 0.1) is 45.7 Å². The molecule has 6 saturated heterocycles. The predicted octanol–water partition coefficient (Wildman–Crippen LogP) is -6.50. The zero-order chi connectivity index (χ0) is 72.5. The number of aliphatic hydroxyl groups excluding tert-OH is 13. The van der Waals surface area contributed by atoms with Crippen molar-refractivity contribution >= 4 is 29.5 Å². The van der Waals surface area contributed by atoms with Crippen molar-refractivity contribution < 1.29 is 152 Å². The lowest BCUT2D eigenvalue weighted by atomic mass is 9.93. The van der Waals surface area contributed by atoms with Crippen LogP contribution in [0.15, 0.2) is 24.3 Å². The molecular weight excluding hydrogens is 1320 g/mol. The molecule has 0 saturated carbocycles. The molecule has 1 aromatic carbocycles. The van der Waals surface area contributed by atoms with Crippen LogP contribution >= 0.6 is 0 Å². The summed E-state index contributed by atoms with van der Waals surface area (Å²) in [6.45, 7) is 3.61. The molecule has 36 nitrogen and oxygen atoms in total. The van der Waals surface area contributed by atoms with Gasteiger partial charge in [-0.1, -0.05) is 64.4 Å². The molecule has 566 valence electrons. The summed E-state index contributed by atoms with van der Waals surface area (Å²) in [5.41, 5.74) is 0.0622. The molecule has 6 fully saturated rings. The van der Waals surface area contributed by atoms with Crippen molar-refractivity contribution in [3.8, 4) is 5.75 Å². The smallest absolute Gasteiger partial charge is 0.251 e. The van der Waals surface area contributed by atoms with E-state index in [0.29, 0.717) is 12.4 Å². The number of hydrogen-bond acceptors (Lipinski definition) is 31. The van der Waals surface area contributed by atoms with Crippen LogP contribution in [0, 0.1) is 0 Å². The van der Waals surface area contributed by atoms with E-state index >= 15 is 0 Å². The van der Waals surface area contributed by atoms with E-state index in [1.807, 2.05) is 0 Å². The molecule has 36 heteroatoms. The third-order valence-corrected chi connectivity index (χ3v) is 18.2. The van der Waals surface area contributed by atoms with Gasteiger partial charge in [-0.15, -0.1) is 0 Å². The summed E-state index contributed by atoms with van der Waals surface area (Å²) in [7, 11) is 1.21. The molecule has 99 heavy (non-hydrogen) atoms. The van der Waals surface area contributed by atoms with Crippen LogP contribution in [0.4, 0.5) is 0 Å². The number of nitrogens with one attached hydrogen (secondary N) is 5. The van der Waals surface area contributed by atoms with E-state index in [1.54, 1.807) is 12.1 Å². The van der Waals surface area contributed by atoms with Crippen LogP contribution in [-0.2, 0) is 76.0 Å². The largest absolute Gasteiger partial charge is 0.494 e. The van der Waals surface area contributed by atoms with Crippen LogP contribution in [0.2, 0.25) is 0 Å². The predicted molar refractivity (Wildman–Crippen MR) is 333 cm³/mol. The minimum Gasteiger partial charge on any atom is -0.494 e. The van der Waals surface area contributed by atoms with Crippen LogP contribution in [0.25, 0.3) is 0 Å². The quantitative estimate of drug-likeness (QED) is 0.0291. The van der Waals surface area contributed by atoms with E-state index < -0.39 is 246 Å². The van der Waals surface area contributed by atoms with Gasteiger partial charge in [0.25, 0.3) is 5.91 Å². The van der Waals surface area contributed by atoms with Gasteiger partial charge in [0, 0.05) is 40.4 Å². The second-order valence-corrected chi connectivity index (χ2v) is 25.6. The van der Waals surface area contributed by atoms with Crippen molar-refractivity contribution in [1.29, 1.82) is 0 Å². The molecule has 0 spiro atoms. The van der Waals surface area contributed by atoms with Gasteiger partial charge in [0.15, 0.2) is 37.7 Å². The highest BCUT2D eigenvalue weighted by atomic mass is 16.8. The summed E-state index contributed by atoms with van der Waals surface area (Å²) >= 11 is 0. The van der Waals surface area contributed by atoms with Gasteiger partial charge in [0.1, 0.15) is 146 Å². The number of unbranched alkanes of at least 4 members (excludes halogenated alkanes) is 8. The highest BCUT2D eigenvalue weighted by molar-refractivity contribution is 5.94. The minimum atomic E-state index is -2.06. The van der Waals surface area contributed by atoms with Crippen molar-refractivity contribution in [2.24, 2.45) is 0 Å². The van der Waals surface area contributed by atoms with Gasteiger partial charge in [-0.3, -0.25) is 24.0 Å². The Hall–Kier alpha value is -4.63. The van der Waals surface area contributed by atoms with Gasteiger partial charge in [-0.2, -0.15) is 0 Å². The van der Waals surface area contributed by atoms with Crippen LogP contribution in [-0.4, -0.2) is 327 Å². The summed E-state index contributed by atoms with van der Waals surface area (Å²) in [4.78, 5) is 65.1. The maximum Gasteiger partial charge on any atom is 0.251 e. The molecular formula is C63H103N5O31. The van der Waals surface area contributed by atoms with Gasteiger partial charge in [-0.05, 0) is 31.5 Å². The first kappa shape index (κ1) is 81.7. The third-order valence-electron chi connectivity index (χ3n) is 18.2. The lowest BCUT2D eigenvalue weighted by Crippen LogP contribution is -2.72. The molecule has 1 aromatic rings. The molecule has 7 rings (SSSR count).